The van der Waals surface area contributed by atoms with Crippen molar-refractivity contribution >= 4 is 11.5 Å². The maximum Gasteiger partial charge on any atom is 0.180 e. The van der Waals surface area contributed by atoms with Crippen molar-refractivity contribution in [1.29, 1.82) is 0 Å². The summed E-state index contributed by atoms with van der Waals surface area (Å²) in [6.45, 7) is 10.2. The van der Waals surface area contributed by atoms with Gasteiger partial charge in [0.25, 0.3) is 0 Å². The maximum atomic E-state index is 4.75. The lowest BCUT2D eigenvalue weighted by Gasteiger charge is -2.31. The zero-order valence-electron chi connectivity index (χ0n) is 14.0. The molecule has 0 atom stereocenters. The smallest absolute Gasteiger partial charge is 0.180 e. The molecular formula is C17H20N6. The molecule has 3 aromatic rings. The Kier molecular flexibility index (Phi) is 3.07. The number of hydrogen-bond acceptors (Lipinski definition) is 5. The zero-order chi connectivity index (χ0) is 16.1. The molecule has 0 saturated carbocycles. The summed E-state index contributed by atoms with van der Waals surface area (Å²) < 4.78 is 1.77. The fourth-order valence-corrected chi connectivity index (χ4v) is 3.23. The summed E-state index contributed by atoms with van der Waals surface area (Å²) in [5, 5.41) is 12.8. The Morgan fingerprint density at radius 2 is 1.91 bits per heavy atom. The van der Waals surface area contributed by atoms with Crippen molar-refractivity contribution in [2.45, 2.75) is 40.7 Å². The molecule has 0 bridgehead atoms. The van der Waals surface area contributed by atoms with E-state index in [1.54, 1.807) is 10.8 Å². The molecule has 118 valence electrons. The minimum atomic E-state index is 0.830. The van der Waals surface area contributed by atoms with Gasteiger partial charge in [-0.05, 0) is 38.8 Å². The molecule has 0 spiro atoms. The summed E-state index contributed by atoms with van der Waals surface area (Å²) >= 11 is 0. The predicted molar refractivity (Wildman–Crippen MR) is 88.7 cm³/mol. The van der Waals surface area contributed by atoms with Crippen LogP contribution in [0.1, 0.15) is 33.6 Å². The topological polar surface area (TPSA) is 59.2 Å². The van der Waals surface area contributed by atoms with Crippen LogP contribution in [-0.2, 0) is 13.0 Å². The average molecular weight is 308 g/mol. The van der Waals surface area contributed by atoms with Crippen LogP contribution < -0.4 is 4.90 Å². The predicted octanol–water partition coefficient (Wildman–Crippen LogP) is 2.32. The number of anilines is 1. The Morgan fingerprint density at radius 1 is 1.09 bits per heavy atom. The molecule has 0 fully saturated rings. The van der Waals surface area contributed by atoms with Crippen molar-refractivity contribution in [2.75, 3.05) is 11.4 Å². The van der Waals surface area contributed by atoms with Gasteiger partial charge >= 0.3 is 0 Å². The van der Waals surface area contributed by atoms with Gasteiger partial charge in [0.1, 0.15) is 6.33 Å². The lowest BCUT2D eigenvalue weighted by Crippen LogP contribution is -2.33. The van der Waals surface area contributed by atoms with E-state index in [1.807, 2.05) is 0 Å². The monoisotopic (exact) mass is 308 g/mol. The summed E-state index contributed by atoms with van der Waals surface area (Å²) in [5.74, 6) is 1.01. The Morgan fingerprint density at radius 3 is 2.74 bits per heavy atom. The second-order valence-corrected chi connectivity index (χ2v) is 6.34. The largest absolute Gasteiger partial charge is 0.350 e. The highest BCUT2D eigenvalue weighted by Crippen LogP contribution is 2.28. The van der Waals surface area contributed by atoms with Gasteiger partial charge in [-0.25, -0.2) is 0 Å². The number of rotatable bonds is 1. The molecule has 6 heteroatoms. The van der Waals surface area contributed by atoms with Crippen LogP contribution in [0.4, 0.5) is 5.82 Å². The molecule has 0 saturated heterocycles. The molecule has 4 heterocycles. The second-order valence-electron chi connectivity index (χ2n) is 6.34. The third-order valence-electron chi connectivity index (χ3n) is 4.88. The summed E-state index contributed by atoms with van der Waals surface area (Å²) in [5.41, 5.74) is 8.05. The molecule has 0 radical (unpaired) electrons. The molecule has 0 unspecified atom stereocenters. The fraction of sp³-hybridized carbons (Fsp3) is 0.412. The van der Waals surface area contributed by atoms with E-state index >= 15 is 0 Å². The molecule has 3 aromatic heterocycles. The molecule has 0 amide bonds. The standard InChI is InChI=1S/C17H20N6/c1-10-7-14-8-22(6-5-15(14)19-13(10)4)17-12(3)11(2)16-20-18-9-23(16)21-17/h7,9H,5-6,8H2,1-4H3. The minimum Gasteiger partial charge on any atom is -0.350 e. The summed E-state index contributed by atoms with van der Waals surface area (Å²) in [4.78, 5) is 7.08. The lowest BCUT2D eigenvalue weighted by atomic mass is 10.0. The number of pyridine rings is 1. The molecular weight excluding hydrogens is 288 g/mol. The first kappa shape index (κ1) is 14.1. The van der Waals surface area contributed by atoms with E-state index < -0.39 is 0 Å². The van der Waals surface area contributed by atoms with Crippen molar-refractivity contribution in [3.05, 3.63) is 46.0 Å². The van der Waals surface area contributed by atoms with E-state index in [-0.39, 0.29) is 0 Å². The molecule has 1 aliphatic heterocycles. The highest BCUT2D eigenvalue weighted by atomic mass is 15.4. The van der Waals surface area contributed by atoms with Crippen LogP contribution in [0.3, 0.4) is 0 Å². The van der Waals surface area contributed by atoms with E-state index in [1.165, 1.54) is 22.4 Å². The third-order valence-corrected chi connectivity index (χ3v) is 4.88. The van der Waals surface area contributed by atoms with E-state index in [4.69, 9.17) is 10.1 Å². The number of aryl methyl sites for hydroxylation is 3. The van der Waals surface area contributed by atoms with Crippen LogP contribution in [0.5, 0.6) is 0 Å². The molecule has 4 rings (SSSR count). The van der Waals surface area contributed by atoms with Gasteiger partial charge in [-0.1, -0.05) is 6.07 Å². The van der Waals surface area contributed by atoms with Crippen LogP contribution in [0.15, 0.2) is 12.4 Å². The summed E-state index contributed by atoms with van der Waals surface area (Å²) in [6.07, 6.45) is 2.62. The first-order chi connectivity index (χ1) is 11.0. The van der Waals surface area contributed by atoms with Gasteiger partial charge in [0.2, 0.25) is 0 Å². The van der Waals surface area contributed by atoms with Gasteiger partial charge in [0, 0.05) is 42.0 Å². The first-order valence-corrected chi connectivity index (χ1v) is 7.92. The average Bonchev–Trinajstić information content (AvgIpc) is 3.00. The Labute approximate surface area is 135 Å². The van der Waals surface area contributed by atoms with Gasteiger partial charge in [-0.15, -0.1) is 15.3 Å². The van der Waals surface area contributed by atoms with Crippen LogP contribution >= 0.6 is 0 Å². The van der Waals surface area contributed by atoms with Crippen molar-refractivity contribution in [1.82, 2.24) is 24.8 Å². The Hall–Kier alpha value is -2.50. The van der Waals surface area contributed by atoms with Crippen LogP contribution in [0.25, 0.3) is 5.65 Å². The van der Waals surface area contributed by atoms with Crippen molar-refractivity contribution in [2.24, 2.45) is 0 Å². The Bertz CT molecular complexity index is 911. The van der Waals surface area contributed by atoms with Crippen LogP contribution in [-0.4, -0.2) is 31.3 Å². The highest BCUT2D eigenvalue weighted by molar-refractivity contribution is 5.59. The van der Waals surface area contributed by atoms with Crippen molar-refractivity contribution < 1.29 is 0 Å². The molecule has 0 N–H and O–H groups in total. The minimum absolute atomic E-state index is 0.830. The molecule has 6 nitrogen and oxygen atoms in total. The highest BCUT2D eigenvalue weighted by Gasteiger charge is 2.22. The van der Waals surface area contributed by atoms with E-state index in [0.29, 0.717) is 0 Å². The Balaban J connectivity index is 1.77. The third kappa shape index (κ3) is 2.17. The van der Waals surface area contributed by atoms with Crippen LogP contribution in [0.2, 0.25) is 0 Å². The molecule has 1 aliphatic rings. The normalized spacial score (nSPS) is 14.3. The zero-order valence-corrected chi connectivity index (χ0v) is 14.0. The maximum absolute atomic E-state index is 4.75. The van der Waals surface area contributed by atoms with Gasteiger partial charge < -0.3 is 4.90 Å². The quantitative estimate of drug-likeness (QED) is 0.690. The number of nitrogens with zero attached hydrogens (tertiary/aromatic N) is 6. The number of aromatic nitrogens is 5. The van der Waals surface area contributed by atoms with Crippen molar-refractivity contribution in [3.8, 4) is 0 Å². The molecule has 0 aromatic carbocycles. The van der Waals surface area contributed by atoms with Gasteiger partial charge in [0.15, 0.2) is 11.5 Å². The first-order valence-electron chi connectivity index (χ1n) is 7.92. The van der Waals surface area contributed by atoms with Gasteiger partial charge in [-0.2, -0.15) is 4.52 Å². The van der Waals surface area contributed by atoms with E-state index in [9.17, 15) is 0 Å². The van der Waals surface area contributed by atoms with Gasteiger partial charge in [0.05, 0.1) is 0 Å². The van der Waals surface area contributed by atoms with Crippen molar-refractivity contribution in [3.63, 3.8) is 0 Å². The molecule has 23 heavy (non-hydrogen) atoms. The lowest BCUT2D eigenvalue weighted by molar-refractivity contribution is 0.684. The van der Waals surface area contributed by atoms with Gasteiger partial charge in [-0.3, -0.25) is 4.98 Å². The number of fused-ring (bicyclic) bond motifs is 2. The fourth-order valence-electron chi connectivity index (χ4n) is 3.23. The van der Waals surface area contributed by atoms with E-state index in [0.717, 1.165) is 42.2 Å². The summed E-state index contributed by atoms with van der Waals surface area (Å²) in [7, 11) is 0. The summed E-state index contributed by atoms with van der Waals surface area (Å²) in [6, 6.07) is 2.27. The molecule has 0 aliphatic carbocycles. The van der Waals surface area contributed by atoms with E-state index in [2.05, 4.69) is 48.9 Å². The number of hydrogen-bond donors (Lipinski definition) is 0. The van der Waals surface area contributed by atoms with Crippen LogP contribution in [0, 0.1) is 27.7 Å². The second kappa shape index (κ2) is 5.01. The SMILES string of the molecule is Cc1cc2c(nc1C)CCN(c1nn3cnnc3c(C)c1C)C2.